The van der Waals surface area contributed by atoms with Crippen LogP contribution in [-0.4, -0.2) is 55.0 Å². The molecule has 19 heavy (non-hydrogen) atoms. The number of carbonyl (C=O) groups is 1. The number of likely N-dealkylation sites (tertiary alicyclic amines) is 1. The highest BCUT2D eigenvalue weighted by molar-refractivity contribution is 5.76. The first-order chi connectivity index (χ1) is 8.69. The van der Waals surface area contributed by atoms with Crippen molar-refractivity contribution < 1.29 is 4.79 Å². The third-order valence-electron chi connectivity index (χ3n) is 3.89. The molecule has 0 aromatic heterocycles. The summed E-state index contributed by atoms with van der Waals surface area (Å²) in [5.41, 5.74) is 6.26. The molecule has 1 aliphatic rings. The number of hydrogen-bond acceptors (Lipinski definition) is 3. The van der Waals surface area contributed by atoms with E-state index in [9.17, 15) is 4.79 Å². The van der Waals surface area contributed by atoms with Crippen LogP contribution in [0.2, 0.25) is 0 Å². The van der Waals surface area contributed by atoms with E-state index in [1.165, 1.54) is 12.8 Å². The van der Waals surface area contributed by atoms with Gasteiger partial charge >= 0.3 is 0 Å². The molecule has 1 rings (SSSR count). The first-order valence-corrected chi connectivity index (χ1v) is 7.39. The van der Waals surface area contributed by atoms with Gasteiger partial charge in [0.2, 0.25) is 5.91 Å². The number of nitrogens with two attached hydrogens (primary N) is 1. The minimum Gasteiger partial charge on any atom is -0.344 e. The van der Waals surface area contributed by atoms with E-state index in [2.05, 4.69) is 32.7 Å². The van der Waals surface area contributed by atoms with Gasteiger partial charge in [-0.05, 0) is 38.3 Å². The maximum absolute atomic E-state index is 12.2. The Hall–Kier alpha value is -0.610. The predicted molar refractivity (Wildman–Crippen MR) is 80.0 cm³/mol. The molecule has 0 saturated carbocycles. The Bertz CT molecular complexity index is 298. The van der Waals surface area contributed by atoms with E-state index in [-0.39, 0.29) is 17.4 Å². The minimum absolute atomic E-state index is 0.0312. The zero-order chi connectivity index (χ0) is 14.6. The Morgan fingerprint density at radius 3 is 2.58 bits per heavy atom. The van der Waals surface area contributed by atoms with Crippen molar-refractivity contribution in [1.82, 2.24) is 9.80 Å². The second-order valence-corrected chi connectivity index (χ2v) is 7.28. The van der Waals surface area contributed by atoms with Crippen LogP contribution in [0.3, 0.4) is 0 Å². The highest BCUT2D eigenvalue weighted by atomic mass is 16.2. The maximum atomic E-state index is 12.2. The fourth-order valence-corrected chi connectivity index (χ4v) is 2.87. The molecule has 4 heteroatoms. The number of rotatable bonds is 5. The van der Waals surface area contributed by atoms with Gasteiger partial charge in [-0.3, -0.25) is 4.79 Å². The molecule has 1 heterocycles. The van der Waals surface area contributed by atoms with Crippen LogP contribution < -0.4 is 5.73 Å². The van der Waals surface area contributed by atoms with Gasteiger partial charge in [0.05, 0.1) is 0 Å². The Labute approximate surface area is 118 Å². The average molecular weight is 269 g/mol. The summed E-state index contributed by atoms with van der Waals surface area (Å²) in [6.07, 6.45) is 3.79. The van der Waals surface area contributed by atoms with Crippen molar-refractivity contribution in [2.45, 2.75) is 58.5 Å². The van der Waals surface area contributed by atoms with Crippen LogP contribution in [0.5, 0.6) is 0 Å². The highest BCUT2D eigenvalue weighted by Gasteiger charge is 2.25. The quantitative estimate of drug-likeness (QED) is 0.826. The Morgan fingerprint density at radius 2 is 2.11 bits per heavy atom. The lowest BCUT2D eigenvalue weighted by Gasteiger charge is -2.28. The van der Waals surface area contributed by atoms with Crippen molar-refractivity contribution >= 4 is 5.91 Å². The molecule has 0 spiro atoms. The zero-order valence-corrected chi connectivity index (χ0v) is 13.3. The molecular weight excluding hydrogens is 238 g/mol. The maximum Gasteiger partial charge on any atom is 0.223 e. The van der Waals surface area contributed by atoms with Gasteiger partial charge in [0.1, 0.15) is 0 Å². The van der Waals surface area contributed by atoms with Crippen molar-refractivity contribution in [1.29, 1.82) is 0 Å². The van der Waals surface area contributed by atoms with Crippen molar-refractivity contribution in [2.24, 2.45) is 11.1 Å². The highest BCUT2D eigenvalue weighted by Crippen LogP contribution is 2.21. The average Bonchev–Trinajstić information content (AvgIpc) is 2.61. The molecule has 1 saturated heterocycles. The van der Waals surface area contributed by atoms with Crippen molar-refractivity contribution in [2.75, 3.05) is 27.2 Å². The molecule has 0 aromatic carbocycles. The summed E-state index contributed by atoms with van der Waals surface area (Å²) in [6.45, 7) is 8.46. The van der Waals surface area contributed by atoms with E-state index in [0.717, 1.165) is 19.5 Å². The molecule has 0 radical (unpaired) electrons. The second kappa shape index (κ2) is 6.71. The summed E-state index contributed by atoms with van der Waals surface area (Å²) >= 11 is 0. The number of hydrogen-bond donors (Lipinski definition) is 1. The number of likely N-dealkylation sites (N-methyl/N-ethyl adjacent to an activating group) is 2. The van der Waals surface area contributed by atoms with Gasteiger partial charge in [-0.1, -0.05) is 20.8 Å². The van der Waals surface area contributed by atoms with E-state index in [1.54, 1.807) is 0 Å². The van der Waals surface area contributed by atoms with Crippen LogP contribution in [-0.2, 0) is 4.79 Å². The summed E-state index contributed by atoms with van der Waals surface area (Å²) in [7, 11) is 4.04. The van der Waals surface area contributed by atoms with Gasteiger partial charge in [0.15, 0.2) is 0 Å². The fourth-order valence-electron chi connectivity index (χ4n) is 2.87. The first-order valence-electron chi connectivity index (χ1n) is 7.39. The molecule has 0 aromatic rings. The van der Waals surface area contributed by atoms with E-state index in [1.807, 2.05) is 11.9 Å². The molecule has 4 nitrogen and oxygen atoms in total. The van der Waals surface area contributed by atoms with Crippen LogP contribution in [0, 0.1) is 5.41 Å². The zero-order valence-electron chi connectivity index (χ0n) is 13.3. The molecule has 2 N–H and O–H groups in total. The van der Waals surface area contributed by atoms with Crippen LogP contribution >= 0.6 is 0 Å². The number of nitrogens with zero attached hydrogens (tertiary/aromatic N) is 2. The largest absolute Gasteiger partial charge is 0.344 e. The van der Waals surface area contributed by atoms with Gasteiger partial charge in [0, 0.05) is 32.1 Å². The van der Waals surface area contributed by atoms with Gasteiger partial charge < -0.3 is 15.5 Å². The first kappa shape index (κ1) is 16.4. The minimum atomic E-state index is -0.0312. The van der Waals surface area contributed by atoms with Gasteiger partial charge in [-0.2, -0.15) is 0 Å². The summed E-state index contributed by atoms with van der Waals surface area (Å²) < 4.78 is 0. The van der Waals surface area contributed by atoms with Gasteiger partial charge in [-0.15, -0.1) is 0 Å². The van der Waals surface area contributed by atoms with E-state index in [0.29, 0.717) is 12.5 Å². The van der Waals surface area contributed by atoms with Crippen molar-refractivity contribution in [3.8, 4) is 0 Å². The molecule has 0 aliphatic carbocycles. The molecular formula is C15H31N3O. The summed E-state index contributed by atoms with van der Waals surface area (Å²) in [6, 6.07) is 0.490. The molecule has 2 unspecified atom stereocenters. The normalized spacial score (nSPS) is 22.5. The third-order valence-corrected chi connectivity index (χ3v) is 3.89. The lowest BCUT2D eigenvalue weighted by Crippen LogP contribution is -2.41. The molecule has 0 bridgehead atoms. The van der Waals surface area contributed by atoms with Crippen LogP contribution in [0.1, 0.15) is 46.5 Å². The van der Waals surface area contributed by atoms with Crippen molar-refractivity contribution in [3.05, 3.63) is 0 Å². The Kier molecular flexibility index (Phi) is 5.81. The lowest BCUT2D eigenvalue weighted by atomic mass is 9.87. The molecule has 2 atom stereocenters. The fraction of sp³-hybridized carbons (Fsp3) is 0.933. The molecule has 112 valence electrons. The summed E-state index contributed by atoms with van der Waals surface area (Å²) in [4.78, 5) is 16.4. The van der Waals surface area contributed by atoms with Crippen LogP contribution in [0.15, 0.2) is 0 Å². The summed E-state index contributed by atoms with van der Waals surface area (Å²) in [5.74, 6) is 0.178. The molecule has 1 amide bonds. The lowest BCUT2D eigenvalue weighted by molar-refractivity contribution is -0.130. The monoisotopic (exact) mass is 269 g/mol. The van der Waals surface area contributed by atoms with Crippen molar-refractivity contribution in [3.63, 3.8) is 0 Å². The standard InChI is InChI=1S/C15H31N3O/c1-15(2,3)10-12(16)9-14(19)18(5)11-13-7-6-8-17(13)4/h12-13H,6-11,16H2,1-5H3. The predicted octanol–water partition coefficient (Wildman–Crippen LogP) is 1.69. The van der Waals surface area contributed by atoms with Crippen LogP contribution in [0.4, 0.5) is 0 Å². The topological polar surface area (TPSA) is 49.6 Å². The summed E-state index contributed by atoms with van der Waals surface area (Å²) in [5, 5.41) is 0. The smallest absolute Gasteiger partial charge is 0.223 e. The van der Waals surface area contributed by atoms with Crippen LogP contribution in [0.25, 0.3) is 0 Å². The molecule has 1 aliphatic heterocycles. The molecule has 1 fully saturated rings. The van der Waals surface area contributed by atoms with E-state index < -0.39 is 0 Å². The van der Waals surface area contributed by atoms with E-state index in [4.69, 9.17) is 5.73 Å². The second-order valence-electron chi connectivity index (χ2n) is 7.28. The Balaban J connectivity index is 2.36. The number of amides is 1. The SMILES string of the molecule is CN(CC1CCCN1C)C(=O)CC(N)CC(C)(C)C. The third kappa shape index (κ3) is 5.91. The van der Waals surface area contributed by atoms with Gasteiger partial charge in [-0.25, -0.2) is 0 Å². The Morgan fingerprint density at radius 1 is 1.47 bits per heavy atom. The van der Waals surface area contributed by atoms with E-state index >= 15 is 0 Å². The van der Waals surface area contributed by atoms with Gasteiger partial charge in [0.25, 0.3) is 0 Å². The number of carbonyl (C=O) groups excluding carboxylic acids is 1.